The number of carbonyl (C=O) groups is 1. The van der Waals surface area contributed by atoms with E-state index in [1.54, 1.807) is 6.20 Å². The van der Waals surface area contributed by atoms with Gasteiger partial charge in [0.05, 0.1) is 18.3 Å². The first-order chi connectivity index (χ1) is 12.9. The van der Waals surface area contributed by atoms with E-state index in [9.17, 15) is 9.90 Å². The monoisotopic (exact) mass is 367 g/mol. The third-order valence-electron chi connectivity index (χ3n) is 5.47. The number of nitrogens with zero attached hydrogens (tertiary/aromatic N) is 2. The lowest BCUT2D eigenvalue weighted by atomic mass is 9.88. The van der Waals surface area contributed by atoms with Gasteiger partial charge in [-0.2, -0.15) is 0 Å². The molecule has 5 nitrogen and oxygen atoms in total. The molecule has 27 heavy (non-hydrogen) atoms. The Labute approximate surface area is 161 Å². The molecule has 1 amide bonds. The number of nitrogens with one attached hydrogen (secondary N) is 1. The number of rotatable bonds is 5. The number of aryl methyl sites for hydroxylation is 2. The number of carbonyl (C=O) groups excluding carboxylic acids is 1. The van der Waals surface area contributed by atoms with Crippen LogP contribution in [-0.4, -0.2) is 40.5 Å². The van der Waals surface area contributed by atoms with Crippen molar-refractivity contribution in [3.8, 4) is 0 Å². The summed E-state index contributed by atoms with van der Waals surface area (Å²) in [4.78, 5) is 18.9. The summed E-state index contributed by atoms with van der Waals surface area (Å²) in [6, 6.07) is 11.9. The molecule has 1 atom stereocenters. The Hall–Kier alpha value is -2.24. The molecule has 1 unspecified atom stereocenters. The van der Waals surface area contributed by atoms with Gasteiger partial charge in [0.15, 0.2) is 0 Å². The summed E-state index contributed by atoms with van der Waals surface area (Å²) in [5, 5.41) is 14.0. The van der Waals surface area contributed by atoms with E-state index in [1.165, 1.54) is 11.1 Å². The summed E-state index contributed by atoms with van der Waals surface area (Å²) >= 11 is 0. The number of aromatic nitrogens is 1. The zero-order valence-corrected chi connectivity index (χ0v) is 16.4. The Kier molecular flexibility index (Phi) is 5.92. The quantitative estimate of drug-likeness (QED) is 0.853. The minimum absolute atomic E-state index is 0.0201. The highest BCUT2D eigenvalue weighted by Gasteiger charge is 2.35. The zero-order valence-electron chi connectivity index (χ0n) is 16.4. The smallest absolute Gasteiger partial charge is 0.234 e. The van der Waals surface area contributed by atoms with Crippen LogP contribution in [0.2, 0.25) is 0 Å². The Balaban J connectivity index is 1.53. The highest BCUT2D eigenvalue weighted by Crippen LogP contribution is 2.31. The first-order valence-electron chi connectivity index (χ1n) is 9.60. The van der Waals surface area contributed by atoms with Crippen LogP contribution in [0, 0.1) is 13.8 Å². The second-order valence-corrected chi connectivity index (χ2v) is 7.67. The fraction of sp³-hybridized carbons (Fsp3) is 0.455. The number of hydrogen-bond donors (Lipinski definition) is 2. The molecule has 2 heterocycles. The maximum absolute atomic E-state index is 12.5. The molecule has 0 bridgehead atoms. The van der Waals surface area contributed by atoms with Gasteiger partial charge in [0, 0.05) is 19.3 Å². The molecular formula is C22H29N3O2. The van der Waals surface area contributed by atoms with Crippen molar-refractivity contribution in [2.75, 3.05) is 19.6 Å². The molecular weight excluding hydrogens is 338 g/mol. The van der Waals surface area contributed by atoms with E-state index in [1.807, 2.05) is 25.1 Å². The Morgan fingerprint density at radius 2 is 2.00 bits per heavy atom. The van der Waals surface area contributed by atoms with E-state index < -0.39 is 5.60 Å². The molecule has 0 radical (unpaired) electrons. The number of pyridine rings is 1. The van der Waals surface area contributed by atoms with Crippen LogP contribution in [0.4, 0.5) is 0 Å². The third kappa shape index (κ3) is 4.73. The number of likely N-dealkylation sites (tertiary alicyclic amines) is 1. The fourth-order valence-corrected chi connectivity index (χ4v) is 3.77. The van der Waals surface area contributed by atoms with Gasteiger partial charge in [-0.25, -0.2) is 0 Å². The standard InChI is InChI=1S/C22H29N3O2/c1-16-7-8-17(2)19(14-16)18(3)24-21(26)15-25-12-9-22(27,10-13-25)20-6-4-5-11-23-20/h4-8,11,14,18,27H,9-10,12-13,15H2,1-3H3,(H,24,26). The van der Waals surface area contributed by atoms with Gasteiger partial charge in [-0.05, 0) is 56.9 Å². The van der Waals surface area contributed by atoms with Crippen molar-refractivity contribution in [3.63, 3.8) is 0 Å². The average Bonchev–Trinajstić information content (AvgIpc) is 2.66. The lowest BCUT2D eigenvalue weighted by molar-refractivity contribution is -0.124. The number of amides is 1. The van der Waals surface area contributed by atoms with Gasteiger partial charge in [0.1, 0.15) is 5.60 Å². The maximum atomic E-state index is 12.5. The molecule has 1 aliphatic heterocycles. The molecule has 2 N–H and O–H groups in total. The van der Waals surface area contributed by atoms with Crippen molar-refractivity contribution >= 4 is 5.91 Å². The second-order valence-electron chi connectivity index (χ2n) is 7.67. The molecule has 1 aromatic heterocycles. The number of benzene rings is 1. The summed E-state index contributed by atoms with van der Waals surface area (Å²) in [5.41, 5.74) is 3.37. The normalized spacial score (nSPS) is 18.1. The van der Waals surface area contributed by atoms with Crippen LogP contribution in [0.5, 0.6) is 0 Å². The van der Waals surface area contributed by atoms with E-state index in [4.69, 9.17) is 0 Å². The molecule has 5 heteroatoms. The van der Waals surface area contributed by atoms with Crippen LogP contribution in [-0.2, 0) is 10.4 Å². The number of aliphatic hydroxyl groups is 1. The summed E-state index contributed by atoms with van der Waals surface area (Å²) in [5.74, 6) is 0.0201. The van der Waals surface area contributed by atoms with Crippen LogP contribution in [0.1, 0.15) is 48.2 Å². The summed E-state index contributed by atoms with van der Waals surface area (Å²) in [6.45, 7) is 7.87. The molecule has 1 saturated heterocycles. The largest absolute Gasteiger partial charge is 0.383 e. The predicted octanol–water partition coefficient (Wildman–Crippen LogP) is 2.86. The van der Waals surface area contributed by atoms with Crippen molar-refractivity contribution in [1.29, 1.82) is 0 Å². The minimum Gasteiger partial charge on any atom is -0.383 e. The van der Waals surface area contributed by atoms with Gasteiger partial charge in [0.2, 0.25) is 5.91 Å². The van der Waals surface area contributed by atoms with E-state index in [0.29, 0.717) is 32.5 Å². The average molecular weight is 367 g/mol. The highest BCUT2D eigenvalue weighted by molar-refractivity contribution is 5.78. The molecule has 144 valence electrons. The number of hydrogen-bond acceptors (Lipinski definition) is 4. The van der Waals surface area contributed by atoms with Gasteiger partial charge in [-0.15, -0.1) is 0 Å². The van der Waals surface area contributed by atoms with Crippen molar-refractivity contribution in [3.05, 3.63) is 65.0 Å². The van der Waals surface area contributed by atoms with Gasteiger partial charge in [-0.1, -0.05) is 29.8 Å². The van der Waals surface area contributed by atoms with Crippen molar-refractivity contribution < 1.29 is 9.90 Å². The van der Waals surface area contributed by atoms with Crippen molar-refractivity contribution in [2.45, 2.75) is 45.3 Å². The number of piperidine rings is 1. The van der Waals surface area contributed by atoms with Gasteiger partial charge >= 0.3 is 0 Å². The molecule has 0 spiro atoms. The third-order valence-corrected chi connectivity index (χ3v) is 5.47. The predicted molar refractivity (Wildman–Crippen MR) is 106 cm³/mol. The molecule has 0 aliphatic carbocycles. The van der Waals surface area contributed by atoms with Gasteiger partial charge < -0.3 is 10.4 Å². The fourth-order valence-electron chi connectivity index (χ4n) is 3.77. The molecule has 2 aromatic rings. The lowest BCUT2D eigenvalue weighted by Gasteiger charge is -2.37. The minimum atomic E-state index is -0.889. The molecule has 1 aliphatic rings. The van der Waals surface area contributed by atoms with Gasteiger partial charge in [0.25, 0.3) is 0 Å². The Morgan fingerprint density at radius 3 is 2.67 bits per heavy atom. The lowest BCUT2D eigenvalue weighted by Crippen LogP contribution is -2.46. The summed E-state index contributed by atoms with van der Waals surface area (Å²) < 4.78 is 0. The van der Waals surface area contributed by atoms with Crippen LogP contribution in [0.3, 0.4) is 0 Å². The summed E-state index contributed by atoms with van der Waals surface area (Å²) in [7, 11) is 0. The first-order valence-corrected chi connectivity index (χ1v) is 9.60. The van der Waals surface area contributed by atoms with E-state index in [-0.39, 0.29) is 11.9 Å². The molecule has 1 fully saturated rings. The molecule has 1 aromatic carbocycles. The van der Waals surface area contributed by atoms with Crippen LogP contribution in [0.15, 0.2) is 42.6 Å². The Morgan fingerprint density at radius 1 is 1.26 bits per heavy atom. The van der Waals surface area contributed by atoms with Crippen molar-refractivity contribution in [1.82, 2.24) is 15.2 Å². The van der Waals surface area contributed by atoms with Gasteiger partial charge in [-0.3, -0.25) is 14.7 Å². The maximum Gasteiger partial charge on any atom is 0.234 e. The van der Waals surface area contributed by atoms with E-state index in [0.717, 1.165) is 11.3 Å². The zero-order chi connectivity index (χ0) is 19.4. The van der Waals surface area contributed by atoms with E-state index in [2.05, 4.69) is 47.2 Å². The van der Waals surface area contributed by atoms with Crippen LogP contribution >= 0.6 is 0 Å². The summed E-state index contributed by atoms with van der Waals surface area (Å²) in [6.07, 6.45) is 2.88. The first kappa shape index (κ1) is 19.5. The second kappa shape index (κ2) is 8.19. The molecule has 3 rings (SSSR count). The van der Waals surface area contributed by atoms with Crippen molar-refractivity contribution in [2.24, 2.45) is 0 Å². The van der Waals surface area contributed by atoms with Crippen LogP contribution < -0.4 is 5.32 Å². The van der Waals surface area contributed by atoms with Crippen LogP contribution in [0.25, 0.3) is 0 Å². The SMILES string of the molecule is Cc1ccc(C)c(C(C)NC(=O)CN2CCC(O)(c3ccccn3)CC2)c1. The topological polar surface area (TPSA) is 65.5 Å². The highest BCUT2D eigenvalue weighted by atomic mass is 16.3. The van der Waals surface area contributed by atoms with E-state index >= 15 is 0 Å². The Bertz CT molecular complexity index is 783. The molecule has 0 saturated carbocycles.